The lowest BCUT2D eigenvalue weighted by Crippen LogP contribution is -2.52. The quantitative estimate of drug-likeness (QED) is 0.540. The van der Waals surface area contributed by atoms with E-state index in [4.69, 9.17) is 0 Å². The number of aliphatic imine (C=N–C) groups is 1. The molecule has 2 heterocycles. The van der Waals surface area contributed by atoms with Crippen molar-refractivity contribution in [2.24, 2.45) is 4.99 Å². The summed E-state index contributed by atoms with van der Waals surface area (Å²) in [5.74, 6) is 1.61. The number of anilines is 2. The molecule has 1 aromatic carbocycles. The maximum atomic E-state index is 12.0. The summed E-state index contributed by atoms with van der Waals surface area (Å²) < 4.78 is 0. The minimum absolute atomic E-state index is 0.0267. The normalized spacial score (nSPS) is 14.7. The Kier molecular flexibility index (Phi) is 7.56. The molecular weight excluding hydrogens is 380 g/mol. The SMILES string of the molecule is CN=C(NCc1cccc(NC(=O)CN(C)C)c1)N1CCN(c2ncccn2)CC1. The third kappa shape index (κ3) is 6.15. The maximum absolute atomic E-state index is 12.0. The first kappa shape index (κ1) is 21.5. The Labute approximate surface area is 177 Å². The lowest BCUT2D eigenvalue weighted by Gasteiger charge is -2.36. The van der Waals surface area contributed by atoms with E-state index in [1.54, 1.807) is 19.4 Å². The zero-order chi connectivity index (χ0) is 21.3. The molecule has 1 fully saturated rings. The van der Waals surface area contributed by atoms with Gasteiger partial charge >= 0.3 is 0 Å². The molecule has 0 atom stereocenters. The van der Waals surface area contributed by atoms with Gasteiger partial charge in [0.25, 0.3) is 0 Å². The predicted octanol–water partition coefficient (Wildman–Crippen LogP) is 0.874. The Bertz CT molecular complexity index is 847. The second-order valence-electron chi connectivity index (χ2n) is 7.41. The van der Waals surface area contributed by atoms with Gasteiger partial charge in [0.05, 0.1) is 6.54 Å². The Morgan fingerprint density at radius 2 is 1.87 bits per heavy atom. The molecule has 1 amide bonds. The van der Waals surface area contributed by atoms with Crippen LogP contribution in [-0.2, 0) is 11.3 Å². The second kappa shape index (κ2) is 10.5. The van der Waals surface area contributed by atoms with Crippen molar-refractivity contribution < 1.29 is 4.79 Å². The van der Waals surface area contributed by atoms with Crippen LogP contribution in [0.2, 0.25) is 0 Å². The third-order valence-electron chi connectivity index (χ3n) is 4.75. The van der Waals surface area contributed by atoms with Gasteiger partial charge in [0.2, 0.25) is 11.9 Å². The molecule has 2 N–H and O–H groups in total. The topological polar surface area (TPSA) is 89.0 Å². The smallest absolute Gasteiger partial charge is 0.238 e. The van der Waals surface area contributed by atoms with Gasteiger partial charge < -0.3 is 25.3 Å². The van der Waals surface area contributed by atoms with Crippen molar-refractivity contribution in [2.45, 2.75) is 6.54 Å². The number of piperazine rings is 1. The molecule has 160 valence electrons. The highest BCUT2D eigenvalue weighted by molar-refractivity contribution is 5.92. The Balaban J connectivity index is 1.51. The number of carbonyl (C=O) groups excluding carboxylic acids is 1. The lowest BCUT2D eigenvalue weighted by atomic mass is 10.2. The van der Waals surface area contributed by atoms with Crippen molar-refractivity contribution in [1.29, 1.82) is 0 Å². The maximum Gasteiger partial charge on any atom is 0.238 e. The van der Waals surface area contributed by atoms with E-state index in [1.807, 2.05) is 49.3 Å². The zero-order valence-corrected chi connectivity index (χ0v) is 17.9. The molecule has 0 spiro atoms. The number of hydrogen-bond donors (Lipinski definition) is 2. The highest BCUT2D eigenvalue weighted by atomic mass is 16.2. The van der Waals surface area contributed by atoms with Gasteiger partial charge in [-0.05, 0) is 37.9 Å². The van der Waals surface area contributed by atoms with Crippen LogP contribution in [0.5, 0.6) is 0 Å². The lowest BCUT2D eigenvalue weighted by molar-refractivity contribution is -0.116. The van der Waals surface area contributed by atoms with Crippen LogP contribution in [0.4, 0.5) is 11.6 Å². The van der Waals surface area contributed by atoms with Crippen molar-refractivity contribution in [3.63, 3.8) is 0 Å². The van der Waals surface area contributed by atoms with Gasteiger partial charge in [-0.15, -0.1) is 0 Å². The predicted molar refractivity (Wildman–Crippen MR) is 120 cm³/mol. The van der Waals surface area contributed by atoms with E-state index >= 15 is 0 Å². The van der Waals surface area contributed by atoms with E-state index < -0.39 is 0 Å². The minimum atomic E-state index is -0.0267. The second-order valence-corrected chi connectivity index (χ2v) is 7.41. The first-order chi connectivity index (χ1) is 14.5. The number of rotatable bonds is 6. The number of nitrogens with zero attached hydrogens (tertiary/aromatic N) is 6. The highest BCUT2D eigenvalue weighted by Crippen LogP contribution is 2.12. The molecule has 1 aliphatic rings. The van der Waals surface area contributed by atoms with Gasteiger partial charge in [-0.25, -0.2) is 9.97 Å². The summed E-state index contributed by atoms with van der Waals surface area (Å²) in [6, 6.07) is 9.69. The molecule has 3 rings (SSSR count). The number of hydrogen-bond acceptors (Lipinski definition) is 6. The average molecular weight is 411 g/mol. The number of amides is 1. The van der Waals surface area contributed by atoms with E-state index in [9.17, 15) is 4.79 Å². The zero-order valence-electron chi connectivity index (χ0n) is 17.9. The van der Waals surface area contributed by atoms with Crippen molar-refractivity contribution in [3.8, 4) is 0 Å². The van der Waals surface area contributed by atoms with Gasteiger partial charge in [-0.2, -0.15) is 0 Å². The molecule has 1 saturated heterocycles. The van der Waals surface area contributed by atoms with Gasteiger partial charge in [0, 0.05) is 57.9 Å². The fourth-order valence-electron chi connectivity index (χ4n) is 3.33. The number of nitrogens with one attached hydrogen (secondary N) is 2. The van der Waals surface area contributed by atoms with E-state index in [-0.39, 0.29) is 5.91 Å². The largest absolute Gasteiger partial charge is 0.352 e. The summed E-state index contributed by atoms with van der Waals surface area (Å²) in [6.45, 7) is 4.37. The van der Waals surface area contributed by atoms with Gasteiger partial charge in [0.1, 0.15) is 0 Å². The van der Waals surface area contributed by atoms with Crippen LogP contribution in [0.1, 0.15) is 5.56 Å². The highest BCUT2D eigenvalue weighted by Gasteiger charge is 2.21. The summed E-state index contributed by atoms with van der Waals surface area (Å²) in [5.41, 5.74) is 1.88. The number of benzene rings is 1. The Morgan fingerprint density at radius 3 is 2.53 bits per heavy atom. The number of aromatic nitrogens is 2. The van der Waals surface area contributed by atoms with E-state index in [0.717, 1.165) is 49.3 Å². The van der Waals surface area contributed by atoms with Crippen LogP contribution in [0.15, 0.2) is 47.7 Å². The molecule has 0 unspecified atom stereocenters. The van der Waals surface area contributed by atoms with Crippen molar-refractivity contribution >= 4 is 23.5 Å². The molecule has 0 bridgehead atoms. The summed E-state index contributed by atoms with van der Waals surface area (Å²) >= 11 is 0. The molecule has 0 radical (unpaired) electrons. The molecule has 0 saturated carbocycles. The number of likely N-dealkylation sites (N-methyl/N-ethyl adjacent to an activating group) is 1. The summed E-state index contributed by atoms with van der Waals surface area (Å²) in [7, 11) is 5.55. The van der Waals surface area contributed by atoms with Crippen molar-refractivity contribution in [1.82, 2.24) is 25.1 Å². The fourth-order valence-corrected chi connectivity index (χ4v) is 3.33. The van der Waals surface area contributed by atoms with Gasteiger partial charge in [0.15, 0.2) is 5.96 Å². The summed E-state index contributed by atoms with van der Waals surface area (Å²) in [6.07, 6.45) is 3.54. The number of carbonyl (C=O) groups is 1. The van der Waals surface area contributed by atoms with Crippen molar-refractivity contribution in [2.75, 3.05) is 64.1 Å². The first-order valence-electron chi connectivity index (χ1n) is 10.1. The van der Waals surface area contributed by atoms with E-state index in [1.165, 1.54) is 0 Å². The number of guanidine groups is 1. The first-order valence-corrected chi connectivity index (χ1v) is 10.1. The molecular formula is C21H30N8O. The van der Waals surface area contributed by atoms with Gasteiger partial charge in [-0.1, -0.05) is 12.1 Å². The van der Waals surface area contributed by atoms with Crippen LogP contribution in [0, 0.1) is 0 Å². The molecule has 9 heteroatoms. The van der Waals surface area contributed by atoms with Crippen LogP contribution in [-0.4, -0.2) is 85.5 Å². The van der Waals surface area contributed by atoms with Crippen LogP contribution >= 0.6 is 0 Å². The third-order valence-corrected chi connectivity index (χ3v) is 4.75. The molecule has 1 aromatic heterocycles. The van der Waals surface area contributed by atoms with Gasteiger partial charge in [-0.3, -0.25) is 9.79 Å². The standard InChI is InChI=1S/C21H30N8O/c1-22-20(28-10-12-29(13-11-28)21-23-8-5-9-24-21)25-15-17-6-4-7-18(14-17)26-19(30)16-27(2)3/h4-9,14H,10-13,15-16H2,1-3H3,(H,22,25)(H,26,30). The van der Waals surface area contributed by atoms with Crippen LogP contribution in [0.25, 0.3) is 0 Å². The van der Waals surface area contributed by atoms with E-state index in [2.05, 4.69) is 35.4 Å². The van der Waals surface area contributed by atoms with E-state index in [0.29, 0.717) is 13.1 Å². The summed E-state index contributed by atoms with van der Waals surface area (Å²) in [5, 5.41) is 6.36. The minimum Gasteiger partial charge on any atom is -0.352 e. The Hall–Kier alpha value is -3.20. The molecule has 9 nitrogen and oxygen atoms in total. The van der Waals surface area contributed by atoms with Crippen molar-refractivity contribution in [3.05, 3.63) is 48.3 Å². The molecule has 30 heavy (non-hydrogen) atoms. The average Bonchev–Trinajstić information content (AvgIpc) is 2.75. The van der Waals surface area contributed by atoms with Crippen LogP contribution < -0.4 is 15.5 Å². The monoisotopic (exact) mass is 410 g/mol. The Morgan fingerprint density at radius 1 is 1.13 bits per heavy atom. The fraction of sp³-hybridized carbons (Fsp3) is 0.429. The van der Waals surface area contributed by atoms with Crippen LogP contribution in [0.3, 0.4) is 0 Å². The molecule has 0 aliphatic carbocycles. The molecule has 2 aromatic rings. The molecule has 1 aliphatic heterocycles. The summed E-state index contributed by atoms with van der Waals surface area (Å²) in [4.78, 5) is 31.3.